The van der Waals surface area contributed by atoms with E-state index >= 15 is 0 Å². The van der Waals surface area contributed by atoms with Gasteiger partial charge in [0.15, 0.2) is 0 Å². The van der Waals surface area contributed by atoms with Crippen LogP contribution in [0.25, 0.3) is 0 Å². The molecule has 0 fully saturated rings. The summed E-state index contributed by atoms with van der Waals surface area (Å²) in [4.78, 5) is 8.27. The number of halogens is 1. The van der Waals surface area contributed by atoms with Crippen LogP contribution in [-0.4, -0.2) is 9.97 Å². The second kappa shape index (κ2) is 5.15. The molecule has 0 atom stereocenters. The highest BCUT2D eigenvalue weighted by atomic mass is 35.5. The number of hydrogen-bond donors (Lipinski definition) is 0. The van der Waals surface area contributed by atoms with Crippen molar-refractivity contribution < 1.29 is 4.74 Å². The quantitative estimate of drug-likeness (QED) is 0.778. The molecule has 88 valence electrons. The lowest BCUT2D eigenvalue weighted by Crippen LogP contribution is -1.95. The van der Waals surface area contributed by atoms with Gasteiger partial charge in [0.25, 0.3) is 0 Å². The molecule has 0 bridgehead atoms. The van der Waals surface area contributed by atoms with Crippen LogP contribution in [-0.2, 0) is 5.88 Å². The van der Waals surface area contributed by atoms with Gasteiger partial charge in [-0.25, -0.2) is 4.98 Å². The summed E-state index contributed by atoms with van der Waals surface area (Å²) < 4.78 is 5.70. The van der Waals surface area contributed by atoms with E-state index in [2.05, 4.69) is 9.97 Å². The molecule has 4 heteroatoms. The summed E-state index contributed by atoms with van der Waals surface area (Å²) in [6.45, 7) is 4.06. The van der Waals surface area contributed by atoms with Crippen LogP contribution >= 0.6 is 11.6 Å². The van der Waals surface area contributed by atoms with E-state index in [-0.39, 0.29) is 0 Å². The van der Waals surface area contributed by atoms with E-state index in [0.717, 1.165) is 11.3 Å². The van der Waals surface area contributed by atoms with E-state index < -0.39 is 0 Å². The van der Waals surface area contributed by atoms with Gasteiger partial charge in [-0.2, -0.15) is 0 Å². The molecule has 0 unspecified atom stereocenters. The fourth-order valence-electron chi connectivity index (χ4n) is 1.45. The molecule has 2 rings (SSSR count). The maximum absolute atomic E-state index is 5.70. The van der Waals surface area contributed by atoms with Gasteiger partial charge in [-0.1, -0.05) is 12.1 Å². The highest BCUT2D eigenvalue weighted by Crippen LogP contribution is 2.25. The Morgan fingerprint density at radius 1 is 1.24 bits per heavy atom. The minimum atomic E-state index is 0.330. The molecular formula is C13H13ClN2O. The summed E-state index contributed by atoms with van der Waals surface area (Å²) >= 11 is 5.70. The Labute approximate surface area is 105 Å². The van der Waals surface area contributed by atoms with Gasteiger partial charge in [0.2, 0.25) is 5.88 Å². The summed E-state index contributed by atoms with van der Waals surface area (Å²) in [5.41, 5.74) is 2.99. The fraction of sp³-hybridized carbons (Fsp3) is 0.231. The second-order valence-electron chi connectivity index (χ2n) is 3.78. The average molecular weight is 249 g/mol. The van der Waals surface area contributed by atoms with Crippen molar-refractivity contribution in [3.63, 3.8) is 0 Å². The number of benzene rings is 1. The van der Waals surface area contributed by atoms with E-state index in [4.69, 9.17) is 16.3 Å². The summed E-state index contributed by atoms with van der Waals surface area (Å²) in [6.07, 6.45) is 3.21. The first-order chi connectivity index (χ1) is 8.20. The average Bonchev–Trinajstić information content (AvgIpc) is 2.35. The van der Waals surface area contributed by atoms with Crippen molar-refractivity contribution in [2.24, 2.45) is 0 Å². The molecule has 3 nitrogen and oxygen atoms in total. The molecule has 0 spiro atoms. The van der Waals surface area contributed by atoms with Gasteiger partial charge < -0.3 is 4.74 Å². The fourth-order valence-corrected chi connectivity index (χ4v) is 1.58. The zero-order valence-corrected chi connectivity index (χ0v) is 10.5. The van der Waals surface area contributed by atoms with Crippen molar-refractivity contribution in [1.29, 1.82) is 0 Å². The molecule has 0 N–H and O–H groups in total. The Morgan fingerprint density at radius 3 is 2.82 bits per heavy atom. The zero-order chi connectivity index (χ0) is 12.3. The normalized spacial score (nSPS) is 10.3. The lowest BCUT2D eigenvalue weighted by Gasteiger charge is -2.09. The lowest BCUT2D eigenvalue weighted by molar-refractivity contribution is 0.454. The van der Waals surface area contributed by atoms with Crippen molar-refractivity contribution in [2.75, 3.05) is 0 Å². The van der Waals surface area contributed by atoms with Crippen molar-refractivity contribution in [1.82, 2.24) is 9.97 Å². The van der Waals surface area contributed by atoms with E-state index in [1.165, 1.54) is 5.56 Å². The molecule has 0 saturated heterocycles. The molecule has 1 aromatic carbocycles. The number of nitrogens with zero attached hydrogens (tertiary/aromatic N) is 2. The summed E-state index contributed by atoms with van der Waals surface area (Å²) in [5, 5.41) is 0. The Balaban J connectivity index is 2.28. The number of aryl methyl sites for hydroxylation is 1. The molecule has 1 aromatic heterocycles. The van der Waals surface area contributed by atoms with E-state index in [0.29, 0.717) is 17.5 Å². The molecule has 0 aliphatic rings. The van der Waals surface area contributed by atoms with Gasteiger partial charge in [-0.3, -0.25) is 4.98 Å². The van der Waals surface area contributed by atoms with Crippen LogP contribution < -0.4 is 4.74 Å². The van der Waals surface area contributed by atoms with Crippen LogP contribution in [0, 0.1) is 13.8 Å². The van der Waals surface area contributed by atoms with Gasteiger partial charge in [0.1, 0.15) is 5.75 Å². The molecule has 2 aromatic rings. The van der Waals surface area contributed by atoms with Crippen LogP contribution in [0.1, 0.15) is 16.8 Å². The molecule has 0 saturated carbocycles. The predicted molar refractivity (Wildman–Crippen MR) is 67.6 cm³/mol. The number of hydrogen-bond acceptors (Lipinski definition) is 3. The highest BCUT2D eigenvalue weighted by molar-refractivity contribution is 6.16. The van der Waals surface area contributed by atoms with E-state index in [9.17, 15) is 0 Å². The zero-order valence-electron chi connectivity index (χ0n) is 9.77. The van der Waals surface area contributed by atoms with Crippen LogP contribution in [0.15, 0.2) is 30.6 Å². The Kier molecular flexibility index (Phi) is 3.59. The van der Waals surface area contributed by atoms with Gasteiger partial charge in [-0.15, -0.1) is 11.6 Å². The number of aromatic nitrogens is 2. The predicted octanol–water partition coefficient (Wildman–Crippen LogP) is 3.62. The van der Waals surface area contributed by atoms with Crippen LogP contribution in [0.3, 0.4) is 0 Å². The van der Waals surface area contributed by atoms with Crippen molar-refractivity contribution in [3.05, 3.63) is 47.4 Å². The molecule has 0 aliphatic heterocycles. The maximum atomic E-state index is 5.70. The lowest BCUT2D eigenvalue weighted by atomic mass is 10.1. The monoisotopic (exact) mass is 248 g/mol. The van der Waals surface area contributed by atoms with Crippen LogP contribution in [0.4, 0.5) is 0 Å². The molecule has 0 amide bonds. The van der Waals surface area contributed by atoms with Gasteiger partial charge >= 0.3 is 0 Å². The number of ether oxygens (including phenoxy) is 1. The molecule has 1 heterocycles. The molecule has 0 aliphatic carbocycles. The second-order valence-corrected chi connectivity index (χ2v) is 4.05. The minimum Gasteiger partial charge on any atom is -0.437 e. The number of alkyl halides is 1. The SMILES string of the molecule is Cc1cccc(Oc2cncc(CCl)n2)c1C. The first kappa shape index (κ1) is 11.9. The minimum absolute atomic E-state index is 0.330. The third-order valence-corrected chi connectivity index (χ3v) is 2.84. The third-order valence-electron chi connectivity index (χ3n) is 2.57. The van der Waals surface area contributed by atoms with Crippen molar-refractivity contribution in [3.8, 4) is 11.6 Å². The van der Waals surface area contributed by atoms with E-state index in [1.54, 1.807) is 12.4 Å². The van der Waals surface area contributed by atoms with E-state index in [1.807, 2.05) is 32.0 Å². The first-order valence-electron chi connectivity index (χ1n) is 5.31. The topological polar surface area (TPSA) is 35.0 Å². The van der Waals surface area contributed by atoms with Crippen LogP contribution in [0.2, 0.25) is 0 Å². The third kappa shape index (κ3) is 2.74. The summed E-state index contributed by atoms with van der Waals surface area (Å²) in [6, 6.07) is 5.91. The smallest absolute Gasteiger partial charge is 0.238 e. The van der Waals surface area contributed by atoms with Crippen molar-refractivity contribution in [2.45, 2.75) is 19.7 Å². The highest BCUT2D eigenvalue weighted by Gasteiger charge is 2.05. The Hall–Kier alpha value is -1.61. The van der Waals surface area contributed by atoms with Crippen LogP contribution in [0.5, 0.6) is 11.6 Å². The van der Waals surface area contributed by atoms with Gasteiger partial charge in [-0.05, 0) is 31.0 Å². The molecular weight excluding hydrogens is 236 g/mol. The van der Waals surface area contributed by atoms with Gasteiger partial charge in [0, 0.05) is 6.20 Å². The molecule has 17 heavy (non-hydrogen) atoms. The first-order valence-corrected chi connectivity index (χ1v) is 5.85. The summed E-state index contributed by atoms with van der Waals surface area (Å²) in [5.74, 6) is 1.60. The summed E-state index contributed by atoms with van der Waals surface area (Å²) in [7, 11) is 0. The number of rotatable bonds is 3. The maximum Gasteiger partial charge on any atom is 0.238 e. The largest absolute Gasteiger partial charge is 0.437 e. The standard InChI is InChI=1S/C13H13ClN2O/c1-9-4-3-5-12(10(9)2)17-13-8-15-7-11(6-14)16-13/h3-5,7-8H,6H2,1-2H3. The van der Waals surface area contributed by atoms with Gasteiger partial charge in [0.05, 0.1) is 17.8 Å². The Morgan fingerprint density at radius 2 is 2.06 bits per heavy atom. The molecule has 0 radical (unpaired) electrons. The Bertz CT molecular complexity index is 529. The van der Waals surface area contributed by atoms with Crippen molar-refractivity contribution >= 4 is 11.6 Å².